The van der Waals surface area contributed by atoms with Gasteiger partial charge in [-0.3, -0.25) is 4.90 Å². The van der Waals surface area contributed by atoms with Crippen molar-refractivity contribution in [3.63, 3.8) is 0 Å². The molecule has 0 bridgehead atoms. The van der Waals surface area contributed by atoms with Gasteiger partial charge in [0.25, 0.3) is 0 Å². The molecule has 0 amide bonds. The van der Waals surface area contributed by atoms with Gasteiger partial charge in [-0.15, -0.1) is 11.3 Å². The average Bonchev–Trinajstić information content (AvgIpc) is 2.84. The lowest BCUT2D eigenvalue weighted by Gasteiger charge is -2.45. The van der Waals surface area contributed by atoms with Gasteiger partial charge < -0.3 is 9.47 Å². The second kappa shape index (κ2) is 5.92. The Morgan fingerprint density at radius 3 is 3.05 bits per heavy atom. The van der Waals surface area contributed by atoms with E-state index in [-0.39, 0.29) is 0 Å². The minimum atomic E-state index is 0.413. The molecule has 106 valence electrons. The van der Waals surface area contributed by atoms with Crippen molar-refractivity contribution >= 4 is 11.3 Å². The Bertz CT molecular complexity index is 420. The van der Waals surface area contributed by atoms with Crippen molar-refractivity contribution in [1.29, 1.82) is 0 Å². The van der Waals surface area contributed by atoms with Gasteiger partial charge in [0.1, 0.15) is 0 Å². The van der Waals surface area contributed by atoms with Gasteiger partial charge in [0, 0.05) is 36.0 Å². The first-order valence-electron chi connectivity index (χ1n) is 7.20. The predicted octanol–water partition coefficient (Wildman–Crippen LogP) is 2.82. The summed E-state index contributed by atoms with van der Waals surface area (Å²) in [4.78, 5) is 5.47. The lowest BCUT2D eigenvalue weighted by Crippen LogP contribution is -2.54. The van der Waals surface area contributed by atoms with Gasteiger partial charge in [-0.25, -0.2) is 0 Å². The zero-order valence-corrected chi connectivity index (χ0v) is 12.6. The zero-order chi connectivity index (χ0) is 13.2. The van der Waals surface area contributed by atoms with Gasteiger partial charge in [0.05, 0.1) is 18.8 Å². The summed E-state index contributed by atoms with van der Waals surface area (Å²) in [5, 5.41) is 0. The quantitative estimate of drug-likeness (QED) is 0.850. The summed E-state index contributed by atoms with van der Waals surface area (Å²) in [5.41, 5.74) is 0. The van der Waals surface area contributed by atoms with Crippen molar-refractivity contribution in [3.8, 4) is 0 Å². The highest BCUT2D eigenvalue weighted by molar-refractivity contribution is 7.11. The maximum Gasteiger partial charge on any atom is 0.0732 e. The molecule has 3 rings (SSSR count). The van der Waals surface area contributed by atoms with Crippen LogP contribution in [0.3, 0.4) is 0 Å². The second-order valence-electron chi connectivity index (χ2n) is 5.63. The number of thiophene rings is 1. The predicted molar refractivity (Wildman–Crippen MR) is 77.6 cm³/mol. The number of hydrogen-bond donors (Lipinski definition) is 0. The lowest BCUT2D eigenvalue weighted by molar-refractivity contribution is -0.115. The fourth-order valence-corrected chi connectivity index (χ4v) is 4.24. The first-order valence-corrected chi connectivity index (χ1v) is 8.01. The molecule has 0 radical (unpaired) electrons. The molecule has 0 aromatic carbocycles. The van der Waals surface area contributed by atoms with Crippen LogP contribution in [-0.2, 0) is 16.0 Å². The summed E-state index contributed by atoms with van der Waals surface area (Å²) >= 11 is 1.91. The number of rotatable bonds is 3. The number of fused-ring (bicyclic) bond motifs is 1. The van der Waals surface area contributed by atoms with Crippen molar-refractivity contribution in [3.05, 3.63) is 21.9 Å². The van der Waals surface area contributed by atoms with E-state index < -0.39 is 0 Å². The highest BCUT2D eigenvalue weighted by atomic mass is 32.1. The van der Waals surface area contributed by atoms with Crippen LogP contribution in [-0.4, -0.2) is 43.4 Å². The molecule has 3 atom stereocenters. The van der Waals surface area contributed by atoms with Crippen LogP contribution >= 0.6 is 11.3 Å². The lowest BCUT2D eigenvalue weighted by atomic mass is 9.88. The van der Waals surface area contributed by atoms with Crippen LogP contribution in [0.5, 0.6) is 0 Å². The monoisotopic (exact) mass is 281 g/mol. The zero-order valence-electron chi connectivity index (χ0n) is 11.8. The molecule has 1 aromatic heterocycles. The molecule has 0 N–H and O–H groups in total. The van der Waals surface area contributed by atoms with Gasteiger partial charge in [0.15, 0.2) is 0 Å². The molecule has 3 nitrogen and oxygen atoms in total. The third kappa shape index (κ3) is 3.02. The molecule has 4 heteroatoms. The van der Waals surface area contributed by atoms with Crippen molar-refractivity contribution < 1.29 is 9.47 Å². The van der Waals surface area contributed by atoms with E-state index in [0.717, 1.165) is 39.0 Å². The number of ether oxygens (including phenoxy) is 2. The number of hydrogen-bond acceptors (Lipinski definition) is 4. The summed E-state index contributed by atoms with van der Waals surface area (Å²) in [6.07, 6.45) is 4.23. The van der Waals surface area contributed by atoms with Gasteiger partial charge in [-0.1, -0.05) is 0 Å². The summed E-state index contributed by atoms with van der Waals surface area (Å²) in [6, 6.07) is 5.02. The first-order chi connectivity index (χ1) is 9.26. The van der Waals surface area contributed by atoms with Crippen LogP contribution in [0, 0.1) is 6.92 Å². The van der Waals surface area contributed by atoms with E-state index in [2.05, 4.69) is 24.0 Å². The Morgan fingerprint density at radius 2 is 2.32 bits per heavy atom. The van der Waals surface area contributed by atoms with Gasteiger partial charge in [-0.05, 0) is 38.3 Å². The topological polar surface area (TPSA) is 21.7 Å². The van der Waals surface area contributed by atoms with E-state index >= 15 is 0 Å². The van der Waals surface area contributed by atoms with Crippen LogP contribution < -0.4 is 0 Å². The van der Waals surface area contributed by atoms with Gasteiger partial charge >= 0.3 is 0 Å². The molecule has 19 heavy (non-hydrogen) atoms. The van der Waals surface area contributed by atoms with Gasteiger partial charge in [-0.2, -0.15) is 0 Å². The maximum atomic E-state index is 5.95. The molecule has 2 aliphatic rings. The summed E-state index contributed by atoms with van der Waals surface area (Å²) < 4.78 is 11.5. The summed E-state index contributed by atoms with van der Waals surface area (Å²) in [7, 11) is 1.83. The number of nitrogens with zero attached hydrogens (tertiary/aromatic N) is 1. The Labute approximate surface area is 119 Å². The third-order valence-corrected chi connectivity index (χ3v) is 5.36. The Morgan fingerprint density at radius 1 is 1.42 bits per heavy atom. The SMILES string of the molecule is CO[C@@H]1CC[C@@H]2OCCN(Cc3ccc(C)s3)[C@H]2C1. The van der Waals surface area contributed by atoms with E-state index in [4.69, 9.17) is 9.47 Å². The molecule has 1 aliphatic heterocycles. The molecule has 0 spiro atoms. The van der Waals surface area contributed by atoms with Crippen molar-refractivity contribution in [2.24, 2.45) is 0 Å². The molecule has 1 aromatic rings. The van der Waals surface area contributed by atoms with Crippen molar-refractivity contribution in [2.75, 3.05) is 20.3 Å². The first kappa shape index (κ1) is 13.6. The third-order valence-electron chi connectivity index (χ3n) is 4.37. The minimum Gasteiger partial charge on any atom is -0.381 e. The highest BCUT2D eigenvalue weighted by Gasteiger charge is 2.37. The minimum absolute atomic E-state index is 0.413. The molecule has 1 saturated carbocycles. The van der Waals surface area contributed by atoms with E-state index in [1.807, 2.05) is 18.4 Å². The smallest absolute Gasteiger partial charge is 0.0732 e. The van der Waals surface area contributed by atoms with E-state index in [1.165, 1.54) is 9.75 Å². The molecule has 2 heterocycles. The Hall–Kier alpha value is -0.420. The number of methoxy groups -OCH3 is 1. The fraction of sp³-hybridized carbons (Fsp3) is 0.733. The number of morpholine rings is 1. The standard InChI is InChI=1S/C15H23NO2S/c1-11-3-5-13(19-11)10-16-7-8-18-15-6-4-12(17-2)9-14(15)16/h3,5,12,14-15H,4,6-10H2,1-2H3/t12-,14+,15+/m1/s1. The van der Waals surface area contributed by atoms with Crippen LogP contribution in [0.2, 0.25) is 0 Å². The van der Waals surface area contributed by atoms with E-state index in [0.29, 0.717) is 18.2 Å². The van der Waals surface area contributed by atoms with Crippen LogP contribution in [0.25, 0.3) is 0 Å². The maximum absolute atomic E-state index is 5.95. The van der Waals surface area contributed by atoms with Crippen molar-refractivity contribution in [2.45, 2.75) is 51.0 Å². The normalized spacial score (nSPS) is 32.2. The fourth-order valence-electron chi connectivity index (χ4n) is 3.33. The largest absolute Gasteiger partial charge is 0.381 e. The van der Waals surface area contributed by atoms with Crippen molar-refractivity contribution in [1.82, 2.24) is 4.90 Å². The highest BCUT2D eigenvalue weighted by Crippen LogP contribution is 2.31. The molecular formula is C15H23NO2S. The van der Waals surface area contributed by atoms with E-state index in [9.17, 15) is 0 Å². The number of aryl methyl sites for hydroxylation is 1. The second-order valence-corrected chi connectivity index (χ2v) is 7.00. The Balaban J connectivity index is 1.69. The molecule has 0 unspecified atom stereocenters. The molecule has 1 saturated heterocycles. The summed E-state index contributed by atoms with van der Waals surface area (Å²) in [6.45, 7) is 5.18. The van der Waals surface area contributed by atoms with E-state index in [1.54, 1.807) is 0 Å². The van der Waals surface area contributed by atoms with Gasteiger partial charge in [0.2, 0.25) is 0 Å². The van der Waals surface area contributed by atoms with Crippen LogP contribution in [0.15, 0.2) is 12.1 Å². The molecule has 1 aliphatic carbocycles. The van der Waals surface area contributed by atoms with Crippen LogP contribution in [0.4, 0.5) is 0 Å². The van der Waals surface area contributed by atoms with Crippen LogP contribution in [0.1, 0.15) is 29.0 Å². The molecular weight excluding hydrogens is 258 g/mol. The average molecular weight is 281 g/mol. The Kier molecular flexibility index (Phi) is 4.22. The molecule has 2 fully saturated rings. The summed E-state index contributed by atoms with van der Waals surface area (Å²) in [5.74, 6) is 0.